The average molecular weight is 390 g/mol. The van der Waals surface area contributed by atoms with Crippen molar-refractivity contribution in [2.75, 3.05) is 11.9 Å². The second-order valence-corrected chi connectivity index (χ2v) is 7.67. The Morgan fingerprint density at radius 3 is 2.56 bits per heavy atom. The molecule has 0 bridgehead atoms. The number of pyridine rings is 1. The van der Waals surface area contributed by atoms with E-state index in [2.05, 4.69) is 10.3 Å². The number of amides is 1. The zero-order valence-corrected chi connectivity index (χ0v) is 16.4. The van der Waals surface area contributed by atoms with Crippen LogP contribution < -0.4 is 15.8 Å². The van der Waals surface area contributed by atoms with Gasteiger partial charge in [0, 0.05) is 36.4 Å². The second-order valence-electron chi connectivity index (χ2n) is 7.24. The van der Waals surface area contributed by atoms with E-state index in [4.69, 9.17) is 26.8 Å². The molecule has 3 rings (SSSR count). The standard InChI is InChI=1S/C20H24ClN3O3/c1-4-26-16-11-20(22,19(16,2)3)18(25)24-14-6-8-15(9-7-14)27-17-10-5-13(21)12-23-17/h5-10,12,16H,4,11,22H2,1-3H3,(H,24,25). The number of nitrogens with one attached hydrogen (secondary N) is 1. The van der Waals surface area contributed by atoms with Crippen LogP contribution in [0.25, 0.3) is 0 Å². The summed E-state index contributed by atoms with van der Waals surface area (Å²) in [5, 5.41) is 3.44. The first-order chi connectivity index (χ1) is 12.8. The van der Waals surface area contributed by atoms with Crippen molar-refractivity contribution >= 4 is 23.2 Å². The second kappa shape index (κ2) is 7.46. The number of ether oxygens (including phenoxy) is 2. The quantitative estimate of drug-likeness (QED) is 0.779. The van der Waals surface area contributed by atoms with Gasteiger partial charge in [-0.1, -0.05) is 25.4 Å². The minimum absolute atomic E-state index is 0.0131. The maximum atomic E-state index is 12.7. The third-order valence-corrected chi connectivity index (χ3v) is 5.49. The van der Waals surface area contributed by atoms with Crippen LogP contribution in [0.4, 0.5) is 5.69 Å². The predicted octanol–water partition coefficient (Wildman–Crippen LogP) is 4.00. The van der Waals surface area contributed by atoms with Gasteiger partial charge in [-0.2, -0.15) is 0 Å². The molecular weight excluding hydrogens is 366 g/mol. The number of halogens is 1. The van der Waals surface area contributed by atoms with Crippen LogP contribution in [-0.4, -0.2) is 29.1 Å². The van der Waals surface area contributed by atoms with Crippen molar-refractivity contribution in [2.24, 2.45) is 11.1 Å². The summed E-state index contributed by atoms with van der Waals surface area (Å²) in [6.45, 7) is 6.48. The molecule has 1 aromatic carbocycles. The Hall–Kier alpha value is -2.15. The summed E-state index contributed by atoms with van der Waals surface area (Å²) in [6, 6.07) is 10.4. The lowest BCUT2D eigenvalue weighted by Gasteiger charge is -2.57. The van der Waals surface area contributed by atoms with E-state index in [1.807, 2.05) is 20.8 Å². The van der Waals surface area contributed by atoms with E-state index in [0.29, 0.717) is 35.4 Å². The Morgan fingerprint density at radius 2 is 2.00 bits per heavy atom. The molecule has 2 unspecified atom stereocenters. The first kappa shape index (κ1) is 19.6. The average Bonchev–Trinajstić information content (AvgIpc) is 2.64. The zero-order chi connectivity index (χ0) is 19.7. The molecule has 1 aliphatic rings. The molecule has 1 aromatic heterocycles. The molecule has 1 amide bonds. The fourth-order valence-corrected chi connectivity index (χ4v) is 3.32. The lowest BCUT2D eigenvalue weighted by molar-refractivity contribution is -0.166. The number of nitrogens with two attached hydrogens (primary N) is 1. The predicted molar refractivity (Wildman–Crippen MR) is 105 cm³/mol. The first-order valence-corrected chi connectivity index (χ1v) is 9.25. The Balaban J connectivity index is 1.63. The molecular formula is C20H24ClN3O3. The Bertz CT molecular complexity index is 808. The van der Waals surface area contributed by atoms with Crippen LogP contribution in [-0.2, 0) is 9.53 Å². The van der Waals surface area contributed by atoms with Crippen molar-refractivity contribution in [3.63, 3.8) is 0 Å². The summed E-state index contributed by atoms with van der Waals surface area (Å²) in [6.07, 6.45) is 2.01. The van der Waals surface area contributed by atoms with Gasteiger partial charge in [0.25, 0.3) is 0 Å². The van der Waals surface area contributed by atoms with Gasteiger partial charge in [0.2, 0.25) is 11.8 Å². The van der Waals surface area contributed by atoms with Crippen molar-refractivity contribution in [2.45, 2.75) is 38.8 Å². The van der Waals surface area contributed by atoms with Crippen molar-refractivity contribution in [1.82, 2.24) is 4.98 Å². The molecule has 144 valence electrons. The fraction of sp³-hybridized carbons (Fsp3) is 0.400. The van der Waals surface area contributed by atoms with Gasteiger partial charge >= 0.3 is 0 Å². The summed E-state index contributed by atoms with van der Waals surface area (Å²) < 4.78 is 11.3. The zero-order valence-electron chi connectivity index (χ0n) is 15.7. The van der Waals surface area contributed by atoms with Crippen LogP contribution in [0, 0.1) is 5.41 Å². The SMILES string of the molecule is CCOC1CC(N)(C(=O)Nc2ccc(Oc3ccc(Cl)cn3)cc2)C1(C)C. The molecule has 1 aliphatic carbocycles. The van der Waals surface area contributed by atoms with E-state index in [0.717, 1.165) is 0 Å². The van der Waals surface area contributed by atoms with Crippen molar-refractivity contribution < 1.29 is 14.3 Å². The molecule has 1 heterocycles. The monoisotopic (exact) mass is 389 g/mol. The highest BCUT2D eigenvalue weighted by Gasteiger charge is 2.62. The maximum Gasteiger partial charge on any atom is 0.245 e. The van der Waals surface area contributed by atoms with Crippen LogP contribution in [0.3, 0.4) is 0 Å². The Labute approximate surface area is 164 Å². The third kappa shape index (κ3) is 3.78. The molecule has 0 radical (unpaired) electrons. The van der Waals surface area contributed by atoms with E-state index in [-0.39, 0.29) is 12.0 Å². The summed E-state index contributed by atoms with van der Waals surface area (Å²) in [7, 11) is 0. The number of aromatic nitrogens is 1. The lowest BCUT2D eigenvalue weighted by Crippen LogP contribution is -2.74. The number of hydrogen-bond acceptors (Lipinski definition) is 5. The number of benzene rings is 1. The molecule has 0 saturated heterocycles. The molecule has 0 aliphatic heterocycles. The van der Waals surface area contributed by atoms with Crippen LogP contribution in [0.5, 0.6) is 11.6 Å². The number of nitrogens with zero attached hydrogens (tertiary/aromatic N) is 1. The van der Waals surface area contributed by atoms with E-state index in [9.17, 15) is 4.79 Å². The van der Waals surface area contributed by atoms with E-state index in [1.54, 1.807) is 36.4 Å². The molecule has 2 aromatic rings. The van der Waals surface area contributed by atoms with Crippen molar-refractivity contribution in [3.8, 4) is 11.6 Å². The Kier molecular flexibility index (Phi) is 5.42. The highest BCUT2D eigenvalue weighted by Crippen LogP contribution is 2.50. The largest absolute Gasteiger partial charge is 0.439 e. The minimum atomic E-state index is -0.963. The normalized spacial score (nSPS) is 23.4. The number of rotatable bonds is 6. The van der Waals surface area contributed by atoms with Gasteiger partial charge in [-0.15, -0.1) is 0 Å². The van der Waals surface area contributed by atoms with Crippen LogP contribution in [0.15, 0.2) is 42.6 Å². The molecule has 0 spiro atoms. The highest BCUT2D eigenvalue weighted by atomic mass is 35.5. The van der Waals surface area contributed by atoms with Crippen molar-refractivity contribution in [1.29, 1.82) is 0 Å². The van der Waals surface area contributed by atoms with Crippen LogP contribution in [0.2, 0.25) is 5.02 Å². The Morgan fingerprint density at radius 1 is 1.30 bits per heavy atom. The molecule has 2 atom stereocenters. The molecule has 6 nitrogen and oxygen atoms in total. The summed E-state index contributed by atoms with van der Waals surface area (Å²) in [5.74, 6) is 0.831. The van der Waals surface area contributed by atoms with Crippen LogP contribution >= 0.6 is 11.6 Å². The van der Waals surface area contributed by atoms with Gasteiger partial charge in [-0.3, -0.25) is 4.79 Å². The van der Waals surface area contributed by atoms with Gasteiger partial charge in [0.05, 0.1) is 11.1 Å². The molecule has 1 fully saturated rings. The number of carbonyl (C=O) groups is 1. The fourth-order valence-electron chi connectivity index (χ4n) is 3.21. The molecule has 1 saturated carbocycles. The number of anilines is 1. The van der Waals surface area contributed by atoms with E-state index >= 15 is 0 Å². The molecule has 7 heteroatoms. The minimum Gasteiger partial charge on any atom is -0.439 e. The van der Waals surface area contributed by atoms with Crippen molar-refractivity contribution in [3.05, 3.63) is 47.6 Å². The number of hydrogen-bond donors (Lipinski definition) is 2. The molecule has 3 N–H and O–H groups in total. The molecule has 27 heavy (non-hydrogen) atoms. The number of carbonyl (C=O) groups excluding carboxylic acids is 1. The lowest BCUT2D eigenvalue weighted by atomic mass is 9.54. The van der Waals surface area contributed by atoms with Gasteiger partial charge < -0.3 is 20.5 Å². The third-order valence-electron chi connectivity index (χ3n) is 5.27. The summed E-state index contributed by atoms with van der Waals surface area (Å²) >= 11 is 5.81. The first-order valence-electron chi connectivity index (χ1n) is 8.87. The van der Waals surface area contributed by atoms with Gasteiger partial charge in [0.15, 0.2) is 0 Å². The summed E-state index contributed by atoms with van der Waals surface area (Å²) in [4.78, 5) is 16.8. The maximum absolute atomic E-state index is 12.7. The van der Waals surface area contributed by atoms with Gasteiger partial charge in [0.1, 0.15) is 11.3 Å². The smallest absolute Gasteiger partial charge is 0.245 e. The van der Waals surface area contributed by atoms with Gasteiger partial charge in [-0.25, -0.2) is 4.98 Å². The van der Waals surface area contributed by atoms with E-state index < -0.39 is 11.0 Å². The topological polar surface area (TPSA) is 86.5 Å². The van der Waals surface area contributed by atoms with Crippen LogP contribution in [0.1, 0.15) is 27.2 Å². The highest BCUT2D eigenvalue weighted by molar-refractivity contribution is 6.30. The van der Waals surface area contributed by atoms with E-state index in [1.165, 1.54) is 6.20 Å². The van der Waals surface area contributed by atoms with Gasteiger partial charge in [-0.05, 0) is 37.3 Å². The summed E-state index contributed by atoms with van der Waals surface area (Å²) in [5.41, 5.74) is 5.65.